The molecule has 0 radical (unpaired) electrons. The molecule has 154 valence electrons. The molecule has 1 aliphatic heterocycles. The number of H-pyrrole nitrogens is 1. The summed E-state index contributed by atoms with van der Waals surface area (Å²) in [7, 11) is 1.92. The molecule has 5 heterocycles. The maximum atomic E-state index is 6.28. The summed E-state index contributed by atoms with van der Waals surface area (Å²) in [6.45, 7) is 6.33. The SMILES string of the molecule is Cc1cnc(-c2ccn[nH]2)c2nc(N3CCOCC3C)cc(-c3cnc(Cl)n3C)c12. The van der Waals surface area contributed by atoms with Gasteiger partial charge in [0.2, 0.25) is 5.28 Å². The number of hydrogen-bond acceptors (Lipinski definition) is 6. The summed E-state index contributed by atoms with van der Waals surface area (Å²) in [5.41, 5.74) is 5.41. The number of imidazole rings is 1. The van der Waals surface area contributed by atoms with Crippen molar-refractivity contribution in [2.45, 2.75) is 19.9 Å². The Morgan fingerprint density at radius 3 is 2.83 bits per heavy atom. The Morgan fingerprint density at radius 1 is 1.27 bits per heavy atom. The van der Waals surface area contributed by atoms with Gasteiger partial charge in [-0.3, -0.25) is 10.1 Å². The van der Waals surface area contributed by atoms with Gasteiger partial charge >= 0.3 is 0 Å². The molecule has 4 aromatic rings. The van der Waals surface area contributed by atoms with Crippen molar-refractivity contribution in [1.29, 1.82) is 0 Å². The minimum atomic E-state index is 0.222. The summed E-state index contributed by atoms with van der Waals surface area (Å²) in [5, 5.41) is 8.59. The van der Waals surface area contributed by atoms with Gasteiger partial charge in [-0.1, -0.05) is 0 Å². The van der Waals surface area contributed by atoms with Gasteiger partial charge in [-0.25, -0.2) is 9.97 Å². The zero-order chi connectivity index (χ0) is 20.8. The molecule has 4 aromatic heterocycles. The van der Waals surface area contributed by atoms with Crippen LogP contribution in [0.5, 0.6) is 0 Å². The third-order valence-corrected chi connectivity index (χ3v) is 5.99. The summed E-state index contributed by atoms with van der Waals surface area (Å²) in [5.74, 6) is 0.888. The van der Waals surface area contributed by atoms with Crippen molar-refractivity contribution in [3.63, 3.8) is 0 Å². The van der Waals surface area contributed by atoms with Crippen molar-refractivity contribution in [2.75, 3.05) is 24.7 Å². The minimum Gasteiger partial charge on any atom is -0.377 e. The molecular formula is C21H22ClN7O. The van der Waals surface area contributed by atoms with Crippen molar-refractivity contribution in [2.24, 2.45) is 7.05 Å². The van der Waals surface area contributed by atoms with Crippen LogP contribution in [-0.2, 0) is 11.8 Å². The lowest BCUT2D eigenvalue weighted by Crippen LogP contribution is -2.44. The summed E-state index contributed by atoms with van der Waals surface area (Å²) in [6, 6.07) is 4.25. The van der Waals surface area contributed by atoms with Gasteiger partial charge in [0.1, 0.15) is 17.0 Å². The first kappa shape index (κ1) is 19.0. The van der Waals surface area contributed by atoms with Crippen LogP contribution in [0.25, 0.3) is 33.5 Å². The van der Waals surface area contributed by atoms with E-state index in [1.54, 1.807) is 12.4 Å². The molecule has 1 fully saturated rings. The van der Waals surface area contributed by atoms with E-state index in [-0.39, 0.29) is 6.04 Å². The van der Waals surface area contributed by atoms with Crippen LogP contribution < -0.4 is 4.90 Å². The zero-order valence-electron chi connectivity index (χ0n) is 17.1. The van der Waals surface area contributed by atoms with Crippen molar-refractivity contribution in [1.82, 2.24) is 29.7 Å². The Hall–Kier alpha value is -2.97. The second-order valence-electron chi connectivity index (χ2n) is 7.60. The molecule has 8 nitrogen and oxygen atoms in total. The molecule has 5 rings (SSSR count). The number of nitrogens with one attached hydrogen (secondary N) is 1. The van der Waals surface area contributed by atoms with Crippen LogP contribution >= 0.6 is 11.6 Å². The quantitative estimate of drug-likeness (QED) is 0.542. The molecule has 1 saturated heterocycles. The van der Waals surface area contributed by atoms with E-state index in [0.29, 0.717) is 18.5 Å². The van der Waals surface area contributed by atoms with Crippen LogP contribution in [-0.4, -0.2) is 55.5 Å². The van der Waals surface area contributed by atoms with Gasteiger partial charge < -0.3 is 14.2 Å². The van der Waals surface area contributed by atoms with Crippen LogP contribution in [0.1, 0.15) is 12.5 Å². The van der Waals surface area contributed by atoms with E-state index in [9.17, 15) is 0 Å². The standard InChI is InChI=1S/C21H22ClN7O/c1-12-9-23-19(15-4-5-25-27-15)20-18(12)14(16-10-24-21(22)28(16)3)8-17(26-20)29-6-7-30-11-13(29)2/h4-5,8-10,13H,6-7,11H2,1-3H3,(H,25,27). The van der Waals surface area contributed by atoms with E-state index >= 15 is 0 Å². The number of aromatic amines is 1. The topological polar surface area (TPSA) is 84.8 Å². The second-order valence-corrected chi connectivity index (χ2v) is 7.94. The van der Waals surface area contributed by atoms with Crippen LogP contribution in [0.3, 0.4) is 0 Å². The van der Waals surface area contributed by atoms with Gasteiger partial charge in [0, 0.05) is 36.9 Å². The van der Waals surface area contributed by atoms with Crippen molar-refractivity contribution < 1.29 is 4.74 Å². The molecule has 1 N–H and O–H groups in total. The molecule has 0 aromatic carbocycles. The predicted molar refractivity (Wildman–Crippen MR) is 117 cm³/mol. The van der Waals surface area contributed by atoms with Gasteiger partial charge in [0.25, 0.3) is 0 Å². The molecule has 0 spiro atoms. The molecule has 0 amide bonds. The number of halogens is 1. The molecule has 1 unspecified atom stereocenters. The van der Waals surface area contributed by atoms with Crippen molar-refractivity contribution in [3.05, 3.63) is 41.6 Å². The lowest BCUT2D eigenvalue weighted by atomic mass is 10.0. The molecule has 0 aliphatic carbocycles. The average Bonchev–Trinajstić information content (AvgIpc) is 3.39. The third-order valence-electron chi connectivity index (χ3n) is 5.64. The molecule has 1 atom stereocenters. The van der Waals surface area contributed by atoms with Crippen LogP contribution in [0, 0.1) is 6.92 Å². The molecule has 9 heteroatoms. The fourth-order valence-corrected chi connectivity index (χ4v) is 4.17. The van der Waals surface area contributed by atoms with Gasteiger partial charge in [-0.2, -0.15) is 5.10 Å². The first-order valence-corrected chi connectivity index (χ1v) is 10.2. The number of nitrogens with zero attached hydrogens (tertiary/aromatic N) is 6. The minimum absolute atomic E-state index is 0.222. The fourth-order valence-electron chi connectivity index (χ4n) is 4.03. The maximum absolute atomic E-state index is 6.28. The number of hydrogen-bond donors (Lipinski definition) is 1. The van der Waals surface area contributed by atoms with E-state index < -0.39 is 0 Å². The third kappa shape index (κ3) is 3.03. The van der Waals surface area contributed by atoms with Gasteiger partial charge in [-0.15, -0.1) is 0 Å². The number of ether oxygens (including phenoxy) is 1. The summed E-state index contributed by atoms with van der Waals surface area (Å²) in [4.78, 5) is 16.4. The van der Waals surface area contributed by atoms with Gasteiger partial charge in [0.15, 0.2) is 0 Å². The highest BCUT2D eigenvalue weighted by atomic mass is 35.5. The lowest BCUT2D eigenvalue weighted by Gasteiger charge is -2.34. The summed E-state index contributed by atoms with van der Waals surface area (Å²) >= 11 is 6.28. The Bertz CT molecular complexity index is 1220. The average molecular weight is 424 g/mol. The normalized spacial score (nSPS) is 17.1. The van der Waals surface area contributed by atoms with E-state index in [2.05, 4.69) is 33.1 Å². The summed E-state index contributed by atoms with van der Waals surface area (Å²) in [6.07, 6.45) is 5.40. The van der Waals surface area contributed by atoms with E-state index in [0.717, 1.165) is 51.5 Å². The monoisotopic (exact) mass is 423 g/mol. The highest BCUT2D eigenvalue weighted by Gasteiger charge is 2.24. The molecular weight excluding hydrogens is 402 g/mol. The number of pyridine rings is 2. The highest BCUT2D eigenvalue weighted by molar-refractivity contribution is 6.28. The number of aryl methyl sites for hydroxylation is 1. The van der Waals surface area contributed by atoms with E-state index in [1.807, 2.05) is 30.8 Å². The van der Waals surface area contributed by atoms with Gasteiger partial charge in [0.05, 0.1) is 36.8 Å². The number of rotatable bonds is 3. The first-order chi connectivity index (χ1) is 14.5. The second kappa shape index (κ2) is 7.37. The van der Waals surface area contributed by atoms with Crippen LogP contribution in [0.2, 0.25) is 5.28 Å². The van der Waals surface area contributed by atoms with E-state index in [1.165, 1.54) is 0 Å². The smallest absolute Gasteiger partial charge is 0.202 e. The summed E-state index contributed by atoms with van der Waals surface area (Å²) < 4.78 is 7.52. The van der Waals surface area contributed by atoms with Crippen molar-refractivity contribution in [3.8, 4) is 22.6 Å². The van der Waals surface area contributed by atoms with Gasteiger partial charge in [-0.05, 0) is 43.1 Å². The van der Waals surface area contributed by atoms with Crippen LogP contribution in [0.15, 0.2) is 30.7 Å². The largest absolute Gasteiger partial charge is 0.377 e. The number of morpholine rings is 1. The number of fused-ring (bicyclic) bond motifs is 1. The lowest BCUT2D eigenvalue weighted by molar-refractivity contribution is 0.0986. The molecule has 1 aliphatic rings. The number of aromatic nitrogens is 6. The Kier molecular flexibility index (Phi) is 4.67. The predicted octanol–water partition coefficient (Wildman–Crippen LogP) is 3.61. The first-order valence-electron chi connectivity index (χ1n) is 9.86. The molecule has 30 heavy (non-hydrogen) atoms. The Morgan fingerprint density at radius 2 is 2.13 bits per heavy atom. The molecule has 0 bridgehead atoms. The van der Waals surface area contributed by atoms with Crippen molar-refractivity contribution >= 4 is 28.3 Å². The molecule has 0 saturated carbocycles. The fraction of sp³-hybridized carbons (Fsp3) is 0.333. The van der Waals surface area contributed by atoms with Crippen LogP contribution in [0.4, 0.5) is 5.82 Å². The van der Waals surface area contributed by atoms with E-state index in [4.69, 9.17) is 26.3 Å². The highest BCUT2D eigenvalue weighted by Crippen LogP contribution is 2.37. The zero-order valence-corrected chi connectivity index (χ0v) is 17.8. The number of anilines is 1. The maximum Gasteiger partial charge on any atom is 0.202 e. The Labute approximate surface area is 178 Å². The Balaban J connectivity index is 1.84.